The molecule has 2 nitrogen and oxygen atoms in total. The number of aromatic amines is 1. The summed E-state index contributed by atoms with van der Waals surface area (Å²) in [5.41, 5.74) is 3.69. The first-order chi connectivity index (χ1) is 9.74. The third-order valence-electron chi connectivity index (χ3n) is 3.62. The molecule has 0 bridgehead atoms. The van der Waals surface area contributed by atoms with E-state index in [0.717, 1.165) is 11.6 Å². The Kier molecular flexibility index (Phi) is 3.77. The molecule has 0 saturated heterocycles. The number of halogens is 1. The van der Waals surface area contributed by atoms with E-state index in [1.54, 1.807) is 0 Å². The van der Waals surface area contributed by atoms with Gasteiger partial charge in [0.2, 0.25) is 0 Å². The van der Waals surface area contributed by atoms with Crippen LogP contribution in [0, 0.1) is 0 Å². The fourth-order valence-electron chi connectivity index (χ4n) is 2.45. The third-order valence-corrected chi connectivity index (χ3v) is 3.86. The lowest BCUT2D eigenvalue weighted by atomic mass is 10.1. The number of hydrogen-bond donors (Lipinski definition) is 2. The summed E-state index contributed by atoms with van der Waals surface area (Å²) in [4.78, 5) is 3.30. The van der Waals surface area contributed by atoms with Crippen LogP contribution in [0.25, 0.3) is 10.9 Å². The fraction of sp³-hybridized carbons (Fsp3) is 0.176. The van der Waals surface area contributed by atoms with Crippen molar-refractivity contribution in [2.75, 3.05) is 0 Å². The topological polar surface area (TPSA) is 27.8 Å². The molecule has 102 valence electrons. The van der Waals surface area contributed by atoms with Gasteiger partial charge in [-0.3, -0.25) is 0 Å². The fourth-order valence-corrected chi connectivity index (χ4v) is 2.65. The highest BCUT2D eigenvalue weighted by molar-refractivity contribution is 6.30. The zero-order valence-electron chi connectivity index (χ0n) is 11.4. The van der Waals surface area contributed by atoms with Crippen LogP contribution in [0.15, 0.2) is 54.7 Å². The molecule has 0 spiro atoms. The quantitative estimate of drug-likeness (QED) is 0.716. The summed E-state index contributed by atoms with van der Waals surface area (Å²) in [5, 5.41) is 5.58. The van der Waals surface area contributed by atoms with E-state index in [9.17, 15) is 0 Å². The van der Waals surface area contributed by atoms with Gasteiger partial charge in [0.15, 0.2) is 0 Å². The predicted octanol–water partition coefficient (Wildman–Crippen LogP) is 4.67. The van der Waals surface area contributed by atoms with Crippen LogP contribution >= 0.6 is 11.6 Å². The number of para-hydroxylation sites is 1. The molecule has 0 unspecified atom stereocenters. The Balaban J connectivity index is 1.74. The molecule has 3 rings (SSSR count). The van der Waals surface area contributed by atoms with Gasteiger partial charge in [-0.1, -0.05) is 41.9 Å². The van der Waals surface area contributed by atoms with E-state index in [0.29, 0.717) is 0 Å². The summed E-state index contributed by atoms with van der Waals surface area (Å²) in [6, 6.07) is 16.7. The van der Waals surface area contributed by atoms with Crippen LogP contribution < -0.4 is 5.32 Å². The molecule has 0 radical (unpaired) electrons. The molecule has 1 heterocycles. The van der Waals surface area contributed by atoms with Gasteiger partial charge in [0.05, 0.1) is 0 Å². The Labute approximate surface area is 123 Å². The minimum absolute atomic E-state index is 0.263. The van der Waals surface area contributed by atoms with Gasteiger partial charge < -0.3 is 10.3 Å². The van der Waals surface area contributed by atoms with E-state index in [1.165, 1.54) is 22.0 Å². The maximum Gasteiger partial charge on any atom is 0.0499 e. The Morgan fingerprint density at radius 2 is 2.00 bits per heavy atom. The molecule has 20 heavy (non-hydrogen) atoms. The maximum atomic E-state index is 6.04. The Bertz CT molecular complexity index is 718. The van der Waals surface area contributed by atoms with Crippen molar-refractivity contribution in [2.24, 2.45) is 0 Å². The molecule has 0 aliphatic rings. The first-order valence-electron chi connectivity index (χ1n) is 6.78. The zero-order chi connectivity index (χ0) is 13.9. The van der Waals surface area contributed by atoms with Gasteiger partial charge in [0.25, 0.3) is 0 Å². The van der Waals surface area contributed by atoms with Crippen molar-refractivity contribution in [2.45, 2.75) is 19.5 Å². The molecule has 1 atom stereocenters. The van der Waals surface area contributed by atoms with Crippen LogP contribution in [0.4, 0.5) is 0 Å². The van der Waals surface area contributed by atoms with Crippen LogP contribution in [0.1, 0.15) is 24.1 Å². The van der Waals surface area contributed by atoms with Crippen molar-refractivity contribution in [3.8, 4) is 0 Å². The van der Waals surface area contributed by atoms with Crippen LogP contribution in [-0.4, -0.2) is 4.98 Å². The smallest absolute Gasteiger partial charge is 0.0499 e. The minimum atomic E-state index is 0.263. The average Bonchev–Trinajstić information content (AvgIpc) is 2.93. The van der Waals surface area contributed by atoms with Gasteiger partial charge in [0.1, 0.15) is 0 Å². The standard InChI is InChI=1S/C17H17ClN2/c1-12(14-5-3-7-16(18)10-14)20-11-15-6-2-4-13-8-9-19-17(13)15/h2-10,12,19-20H,11H2,1H3/t12-/m0/s1. The largest absolute Gasteiger partial charge is 0.361 e. The second-order valence-electron chi connectivity index (χ2n) is 5.02. The van der Waals surface area contributed by atoms with E-state index in [2.05, 4.69) is 47.6 Å². The lowest BCUT2D eigenvalue weighted by Crippen LogP contribution is -2.18. The second-order valence-corrected chi connectivity index (χ2v) is 5.45. The molecule has 0 amide bonds. The molecule has 3 aromatic rings. The molecule has 0 aliphatic heterocycles. The number of aromatic nitrogens is 1. The van der Waals surface area contributed by atoms with E-state index < -0.39 is 0 Å². The molecule has 0 aliphatic carbocycles. The van der Waals surface area contributed by atoms with Gasteiger partial charge in [-0.05, 0) is 41.6 Å². The summed E-state index contributed by atoms with van der Waals surface area (Å²) >= 11 is 6.04. The summed E-state index contributed by atoms with van der Waals surface area (Å²) < 4.78 is 0. The average molecular weight is 285 g/mol. The molecular formula is C17H17ClN2. The first kappa shape index (κ1) is 13.2. The van der Waals surface area contributed by atoms with E-state index in [-0.39, 0.29) is 6.04 Å². The molecule has 3 heteroatoms. The van der Waals surface area contributed by atoms with E-state index in [4.69, 9.17) is 11.6 Å². The Hall–Kier alpha value is -1.77. The second kappa shape index (κ2) is 5.70. The first-order valence-corrected chi connectivity index (χ1v) is 7.15. The van der Waals surface area contributed by atoms with Crippen molar-refractivity contribution >= 4 is 22.5 Å². The molecule has 2 N–H and O–H groups in total. The van der Waals surface area contributed by atoms with Gasteiger partial charge in [-0.15, -0.1) is 0 Å². The molecule has 0 fully saturated rings. The maximum absolute atomic E-state index is 6.04. The highest BCUT2D eigenvalue weighted by Crippen LogP contribution is 2.20. The third kappa shape index (κ3) is 2.72. The van der Waals surface area contributed by atoms with Crippen LogP contribution in [0.5, 0.6) is 0 Å². The molecular weight excluding hydrogens is 268 g/mol. The summed E-state index contributed by atoms with van der Waals surface area (Å²) in [7, 11) is 0. The molecule has 0 saturated carbocycles. The van der Waals surface area contributed by atoms with Gasteiger partial charge in [-0.25, -0.2) is 0 Å². The highest BCUT2D eigenvalue weighted by Gasteiger charge is 2.07. The number of fused-ring (bicyclic) bond motifs is 1. The number of H-pyrrole nitrogens is 1. The summed E-state index contributed by atoms with van der Waals surface area (Å²) in [6.45, 7) is 2.98. The number of rotatable bonds is 4. The van der Waals surface area contributed by atoms with Gasteiger partial charge in [0, 0.05) is 29.3 Å². The minimum Gasteiger partial charge on any atom is -0.361 e. The summed E-state index contributed by atoms with van der Waals surface area (Å²) in [5.74, 6) is 0. The van der Waals surface area contributed by atoms with Gasteiger partial charge >= 0.3 is 0 Å². The molecule has 1 aromatic heterocycles. The van der Waals surface area contributed by atoms with Crippen molar-refractivity contribution in [1.82, 2.24) is 10.3 Å². The zero-order valence-corrected chi connectivity index (χ0v) is 12.1. The number of benzene rings is 2. The molecule has 2 aromatic carbocycles. The monoisotopic (exact) mass is 284 g/mol. The predicted molar refractivity (Wildman–Crippen MR) is 85.0 cm³/mol. The van der Waals surface area contributed by atoms with Crippen LogP contribution in [-0.2, 0) is 6.54 Å². The lowest BCUT2D eigenvalue weighted by Gasteiger charge is -2.15. The van der Waals surface area contributed by atoms with Crippen molar-refractivity contribution in [1.29, 1.82) is 0 Å². The number of hydrogen-bond acceptors (Lipinski definition) is 1. The Morgan fingerprint density at radius 3 is 2.85 bits per heavy atom. The van der Waals surface area contributed by atoms with Crippen molar-refractivity contribution in [3.63, 3.8) is 0 Å². The van der Waals surface area contributed by atoms with Crippen molar-refractivity contribution in [3.05, 3.63) is 70.9 Å². The Morgan fingerprint density at radius 1 is 1.15 bits per heavy atom. The van der Waals surface area contributed by atoms with Crippen LogP contribution in [0.3, 0.4) is 0 Å². The van der Waals surface area contributed by atoms with E-state index >= 15 is 0 Å². The highest BCUT2D eigenvalue weighted by atomic mass is 35.5. The van der Waals surface area contributed by atoms with Crippen molar-refractivity contribution < 1.29 is 0 Å². The van der Waals surface area contributed by atoms with Gasteiger partial charge in [-0.2, -0.15) is 0 Å². The summed E-state index contributed by atoms with van der Waals surface area (Å²) in [6.07, 6.45) is 1.98. The number of nitrogens with one attached hydrogen (secondary N) is 2. The van der Waals surface area contributed by atoms with Crippen LogP contribution in [0.2, 0.25) is 5.02 Å². The lowest BCUT2D eigenvalue weighted by molar-refractivity contribution is 0.576. The SMILES string of the molecule is C[C@H](NCc1cccc2cc[nH]c12)c1cccc(Cl)c1. The van der Waals surface area contributed by atoms with E-state index in [1.807, 2.05) is 24.4 Å². The normalized spacial score (nSPS) is 12.7.